The zero-order chi connectivity index (χ0) is 10.5. The summed E-state index contributed by atoms with van der Waals surface area (Å²) in [5.41, 5.74) is 0. The third kappa shape index (κ3) is 5.67. The highest BCUT2D eigenvalue weighted by Gasteiger charge is 2.14. The molecule has 0 bridgehead atoms. The Bertz CT molecular complexity index is 262. The van der Waals surface area contributed by atoms with Crippen molar-refractivity contribution in [2.75, 3.05) is 13.1 Å². The van der Waals surface area contributed by atoms with Crippen molar-refractivity contribution in [1.29, 1.82) is 0 Å². The molecule has 0 aliphatic heterocycles. The van der Waals surface area contributed by atoms with Crippen LogP contribution in [-0.4, -0.2) is 32.5 Å². The molecule has 0 saturated carbocycles. The van der Waals surface area contributed by atoms with Gasteiger partial charge in [0.2, 0.25) is 0 Å². The van der Waals surface area contributed by atoms with Gasteiger partial charge in [-0.1, -0.05) is 0 Å². The van der Waals surface area contributed by atoms with Gasteiger partial charge in [-0.05, 0) is 18.7 Å². The van der Waals surface area contributed by atoms with E-state index in [9.17, 15) is 13.2 Å². The molecule has 0 aliphatic rings. The quantitative estimate of drug-likeness (QED) is 0.562. The van der Waals surface area contributed by atoms with Crippen LogP contribution in [0.15, 0.2) is 0 Å². The fourth-order valence-electron chi connectivity index (χ4n) is 0.632. The minimum Gasteiger partial charge on any atom is -0.337 e. The maximum absolute atomic E-state index is 11.0. The number of halogens is 1. The Labute approximate surface area is 81.3 Å². The monoisotopic (exact) mass is 230 g/mol. The van der Waals surface area contributed by atoms with Crippen LogP contribution in [0.5, 0.6) is 0 Å². The van der Waals surface area contributed by atoms with Gasteiger partial charge in [-0.2, -0.15) is 8.42 Å². The predicted molar refractivity (Wildman–Crippen MR) is 47.3 cm³/mol. The molecule has 1 N–H and O–H groups in total. The van der Waals surface area contributed by atoms with E-state index in [0.717, 1.165) is 0 Å². The lowest BCUT2D eigenvalue weighted by atomic mass is 10.6. The summed E-state index contributed by atoms with van der Waals surface area (Å²) in [6.07, 6.45) is -0.783. The molecular weight excluding hydrogens is 220 g/mol. The molecule has 0 aromatic rings. The van der Waals surface area contributed by atoms with Crippen LogP contribution in [-0.2, 0) is 14.1 Å². The zero-order valence-electron chi connectivity index (χ0n) is 7.28. The van der Waals surface area contributed by atoms with Crippen molar-refractivity contribution in [2.45, 2.75) is 13.8 Å². The lowest BCUT2D eigenvalue weighted by molar-refractivity contribution is 0.0877. The second kappa shape index (κ2) is 5.25. The Balaban J connectivity index is 4.01. The van der Waals surface area contributed by atoms with Crippen LogP contribution < -0.4 is 4.89 Å². The lowest BCUT2D eigenvalue weighted by Crippen LogP contribution is -2.35. The summed E-state index contributed by atoms with van der Waals surface area (Å²) >= 11 is 0. The fourth-order valence-corrected chi connectivity index (χ4v) is 0.897. The van der Waals surface area contributed by atoms with Crippen LogP contribution in [0.2, 0.25) is 0 Å². The van der Waals surface area contributed by atoms with Crippen molar-refractivity contribution in [2.24, 2.45) is 0 Å². The van der Waals surface area contributed by atoms with Gasteiger partial charge in [-0.3, -0.25) is 0 Å². The van der Waals surface area contributed by atoms with Crippen molar-refractivity contribution in [3.8, 4) is 0 Å². The van der Waals surface area contributed by atoms with E-state index in [2.05, 4.69) is 4.84 Å². The van der Waals surface area contributed by atoms with Crippen molar-refractivity contribution in [1.82, 2.24) is 9.79 Å². The Morgan fingerprint density at radius 3 is 2.23 bits per heavy atom. The number of nitrogens with zero attached hydrogens (tertiary/aromatic N) is 1. The molecular formula is C5H11ClN2O4S. The van der Waals surface area contributed by atoms with Gasteiger partial charge in [0.25, 0.3) is 0 Å². The van der Waals surface area contributed by atoms with Crippen LogP contribution in [0.1, 0.15) is 13.8 Å². The van der Waals surface area contributed by atoms with Gasteiger partial charge in [-0.25, -0.2) is 4.79 Å². The molecule has 0 spiro atoms. The summed E-state index contributed by atoms with van der Waals surface area (Å²) in [7, 11) is 0.717. The van der Waals surface area contributed by atoms with Crippen LogP contribution in [0.3, 0.4) is 0 Å². The van der Waals surface area contributed by atoms with Gasteiger partial charge in [-0.15, -0.1) is 0 Å². The second-order valence-corrected chi connectivity index (χ2v) is 4.32. The topological polar surface area (TPSA) is 75.7 Å². The minimum absolute atomic E-state index is 0.430. The van der Waals surface area contributed by atoms with E-state index in [1.165, 1.54) is 9.79 Å². The number of carbonyl (C=O) groups excluding carboxylic acids is 1. The van der Waals surface area contributed by atoms with E-state index in [1.54, 1.807) is 13.8 Å². The van der Waals surface area contributed by atoms with Gasteiger partial charge in [0.15, 0.2) is 0 Å². The number of carbonyl (C=O) groups is 1. The first-order chi connectivity index (χ1) is 5.90. The average molecular weight is 231 g/mol. The first kappa shape index (κ1) is 12.5. The molecule has 0 rings (SSSR count). The first-order valence-electron chi connectivity index (χ1n) is 3.57. The van der Waals surface area contributed by atoms with E-state index < -0.39 is 15.3 Å². The van der Waals surface area contributed by atoms with E-state index in [4.69, 9.17) is 10.7 Å². The van der Waals surface area contributed by atoms with E-state index >= 15 is 0 Å². The summed E-state index contributed by atoms with van der Waals surface area (Å²) in [4.78, 5) is 17.8. The molecule has 13 heavy (non-hydrogen) atoms. The lowest BCUT2D eigenvalue weighted by Gasteiger charge is -2.16. The number of hydrogen-bond acceptors (Lipinski definition) is 4. The molecule has 78 valence electrons. The SMILES string of the molecule is CCN(CC)C(=O)ONS(=O)(=O)Cl. The molecule has 8 heteroatoms. The van der Waals surface area contributed by atoms with Crippen LogP contribution in [0.25, 0.3) is 0 Å². The molecule has 0 saturated heterocycles. The van der Waals surface area contributed by atoms with Crippen molar-refractivity contribution < 1.29 is 18.0 Å². The molecule has 0 unspecified atom stereocenters. The van der Waals surface area contributed by atoms with Crippen molar-refractivity contribution in [3.63, 3.8) is 0 Å². The van der Waals surface area contributed by atoms with Gasteiger partial charge in [0, 0.05) is 23.8 Å². The van der Waals surface area contributed by atoms with E-state index in [-0.39, 0.29) is 0 Å². The summed E-state index contributed by atoms with van der Waals surface area (Å²) in [5.74, 6) is 0. The second-order valence-electron chi connectivity index (χ2n) is 2.06. The number of rotatable bonds is 4. The fraction of sp³-hybridized carbons (Fsp3) is 0.800. The maximum Gasteiger partial charge on any atom is 0.429 e. The predicted octanol–water partition coefficient (Wildman–Crippen LogP) is 0.453. The molecule has 0 fully saturated rings. The van der Waals surface area contributed by atoms with E-state index in [1.807, 2.05) is 0 Å². The largest absolute Gasteiger partial charge is 0.429 e. The van der Waals surface area contributed by atoms with Gasteiger partial charge in [0.1, 0.15) is 0 Å². The number of hydrogen-bond donors (Lipinski definition) is 1. The Morgan fingerprint density at radius 2 is 1.92 bits per heavy atom. The zero-order valence-corrected chi connectivity index (χ0v) is 8.85. The van der Waals surface area contributed by atoms with Gasteiger partial charge >= 0.3 is 15.3 Å². The third-order valence-corrected chi connectivity index (χ3v) is 1.72. The Kier molecular flexibility index (Phi) is 5.04. The standard InChI is InChI=1S/C5H11ClN2O4S/c1-3-8(4-2)5(9)12-7-13(6,10)11/h7H,3-4H2,1-2H3. The molecule has 1 amide bonds. The normalized spacial score (nSPS) is 11.0. The summed E-state index contributed by atoms with van der Waals surface area (Å²) < 4.78 is 20.6. The highest BCUT2D eigenvalue weighted by molar-refractivity contribution is 8.12. The van der Waals surface area contributed by atoms with E-state index in [0.29, 0.717) is 13.1 Å². The Morgan fingerprint density at radius 1 is 1.46 bits per heavy atom. The minimum atomic E-state index is -4.02. The van der Waals surface area contributed by atoms with Gasteiger partial charge < -0.3 is 9.74 Å². The third-order valence-electron chi connectivity index (χ3n) is 1.25. The van der Waals surface area contributed by atoms with Gasteiger partial charge in [0.05, 0.1) is 0 Å². The molecule has 0 heterocycles. The van der Waals surface area contributed by atoms with Crippen LogP contribution in [0.4, 0.5) is 4.79 Å². The summed E-state index contributed by atoms with van der Waals surface area (Å²) in [5, 5.41) is 0. The molecule has 0 radical (unpaired) electrons. The first-order valence-corrected chi connectivity index (χ1v) is 5.88. The number of amides is 1. The molecule has 0 aromatic carbocycles. The highest BCUT2D eigenvalue weighted by Crippen LogP contribution is 1.94. The summed E-state index contributed by atoms with van der Waals surface area (Å²) in [6.45, 7) is 4.33. The average Bonchev–Trinajstić information content (AvgIpc) is 2.02. The van der Waals surface area contributed by atoms with Crippen molar-refractivity contribution >= 4 is 26.0 Å². The molecule has 0 aliphatic carbocycles. The highest BCUT2D eigenvalue weighted by atomic mass is 35.7. The molecule has 0 atom stereocenters. The number of nitrogens with one attached hydrogen (secondary N) is 1. The van der Waals surface area contributed by atoms with Crippen molar-refractivity contribution in [3.05, 3.63) is 0 Å². The smallest absolute Gasteiger partial charge is 0.337 e. The molecule has 6 nitrogen and oxygen atoms in total. The molecule has 0 aromatic heterocycles. The Hall–Kier alpha value is -0.530. The maximum atomic E-state index is 11.0. The van der Waals surface area contributed by atoms with Crippen LogP contribution in [0, 0.1) is 0 Å². The van der Waals surface area contributed by atoms with Crippen LogP contribution >= 0.6 is 10.7 Å². The summed E-state index contributed by atoms with van der Waals surface area (Å²) in [6, 6.07) is 0.